The quantitative estimate of drug-likeness (QED) is 0.0795. The fraction of sp³-hybridized carbons (Fsp3) is 0.356. The van der Waals surface area contributed by atoms with Gasteiger partial charge in [-0.25, -0.2) is 9.78 Å². The Morgan fingerprint density at radius 1 is 0.900 bits per heavy atom. The number of aromatic amines is 1. The molecule has 0 spiro atoms. The Kier molecular flexibility index (Phi) is 11.6. The zero-order valence-corrected chi connectivity index (χ0v) is 34.5. The van der Waals surface area contributed by atoms with Gasteiger partial charge in [0.2, 0.25) is 11.8 Å². The number of H-pyrrole nitrogens is 1. The number of nitrogens with zero attached hydrogens (tertiary/aromatic N) is 6. The third kappa shape index (κ3) is 9.15. The van der Waals surface area contributed by atoms with Gasteiger partial charge in [0.15, 0.2) is 5.65 Å². The van der Waals surface area contributed by atoms with Crippen LogP contribution in [-0.2, 0) is 16.8 Å². The number of fused-ring (bicyclic) bond motifs is 1. The second kappa shape index (κ2) is 17.3. The molecule has 0 bridgehead atoms. The van der Waals surface area contributed by atoms with Gasteiger partial charge in [0, 0.05) is 90.9 Å². The van der Waals surface area contributed by atoms with E-state index in [-0.39, 0.29) is 29.1 Å². The molecule has 3 aromatic carbocycles. The number of amides is 4. The van der Waals surface area contributed by atoms with E-state index in [4.69, 9.17) is 4.52 Å². The zero-order valence-electron chi connectivity index (χ0n) is 34.5. The topological polar surface area (TPSA) is 186 Å². The number of aromatic nitrogens is 5. The first-order valence-corrected chi connectivity index (χ1v) is 20.6. The van der Waals surface area contributed by atoms with Crippen molar-refractivity contribution in [1.29, 1.82) is 0 Å². The molecular weight excluding hydrogens is 759 g/mol. The predicted octanol–water partition coefficient (Wildman–Crippen LogP) is 6.58. The van der Waals surface area contributed by atoms with E-state index >= 15 is 0 Å². The van der Waals surface area contributed by atoms with Crippen LogP contribution >= 0.6 is 0 Å². The smallest absolute Gasteiger partial charge is 0.328 e. The minimum Gasteiger partial charge on any atom is -0.384 e. The number of pyridine rings is 1. The van der Waals surface area contributed by atoms with Crippen molar-refractivity contribution in [1.82, 2.24) is 41.3 Å². The second-order valence-electron chi connectivity index (χ2n) is 16.6. The largest absolute Gasteiger partial charge is 0.384 e. The normalized spacial score (nSPS) is 15.1. The summed E-state index contributed by atoms with van der Waals surface area (Å²) in [6, 6.07) is 24.3. The summed E-state index contributed by atoms with van der Waals surface area (Å²) in [5.41, 5.74) is 9.22. The molecule has 0 unspecified atom stereocenters. The fourth-order valence-electron chi connectivity index (χ4n) is 7.63. The van der Waals surface area contributed by atoms with Crippen molar-refractivity contribution >= 4 is 45.9 Å². The van der Waals surface area contributed by atoms with Crippen molar-refractivity contribution in [3.05, 3.63) is 102 Å². The summed E-state index contributed by atoms with van der Waals surface area (Å²) in [6.07, 6.45) is 4.43. The Bertz CT molecular complexity index is 2480. The Labute approximate surface area is 348 Å². The average molecular weight is 810 g/mol. The number of hydrogen-bond acceptors (Lipinski definition) is 11. The molecule has 5 heterocycles. The highest BCUT2D eigenvalue weighted by molar-refractivity contribution is 6.05. The van der Waals surface area contributed by atoms with Crippen LogP contribution in [0.2, 0.25) is 0 Å². The minimum absolute atomic E-state index is 0.0226. The summed E-state index contributed by atoms with van der Waals surface area (Å²) >= 11 is 0. The van der Waals surface area contributed by atoms with Gasteiger partial charge in [0.1, 0.15) is 5.69 Å². The van der Waals surface area contributed by atoms with Gasteiger partial charge < -0.3 is 25.4 Å². The van der Waals surface area contributed by atoms with Crippen LogP contribution in [-0.4, -0.2) is 82.4 Å². The molecule has 8 rings (SSSR count). The summed E-state index contributed by atoms with van der Waals surface area (Å²) in [4.78, 5) is 49.3. The number of imide groups is 1. The SMILES string of the molecule is Cc1cc(-c2n[nH]c3ncc(-c4ccc(NCCNCC5CCN(c6ccc(N7CCC(=O)NC7=O)cc6)CC5)cc4)cc23)ccc1CNC(=O)c1noc(C(C)(C)C)n1. The van der Waals surface area contributed by atoms with Crippen LogP contribution in [0.5, 0.6) is 0 Å². The predicted molar refractivity (Wildman–Crippen MR) is 232 cm³/mol. The lowest BCUT2D eigenvalue weighted by atomic mass is 9.96. The summed E-state index contributed by atoms with van der Waals surface area (Å²) in [7, 11) is 0. The number of hydrogen-bond donors (Lipinski definition) is 5. The molecule has 15 heteroatoms. The zero-order chi connectivity index (χ0) is 41.8. The van der Waals surface area contributed by atoms with Crippen molar-refractivity contribution in [3.63, 3.8) is 0 Å². The van der Waals surface area contributed by atoms with Gasteiger partial charge in [0.05, 0.1) is 0 Å². The highest BCUT2D eigenvalue weighted by Gasteiger charge is 2.26. The van der Waals surface area contributed by atoms with Crippen LogP contribution in [0.4, 0.5) is 21.9 Å². The van der Waals surface area contributed by atoms with Crippen LogP contribution in [0.15, 0.2) is 83.5 Å². The Balaban J connectivity index is 0.784. The summed E-state index contributed by atoms with van der Waals surface area (Å²) in [5, 5.41) is 24.9. The van der Waals surface area contributed by atoms with Gasteiger partial charge in [-0.3, -0.25) is 24.9 Å². The highest BCUT2D eigenvalue weighted by Crippen LogP contribution is 2.31. The first kappa shape index (κ1) is 40.2. The van der Waals surface area contributed by atoms with E-state index in [0.29, 0.717) is 37.0 Å². The van der Waals surface area contributed by atoms with Gasteiger partial charge in [0.25, 0.3) is 11.7 Å². The molecule has 0 atom stereocenters. The van der Waals surface area contributed by atoms with Gasteiger partial charge in [-0.05, 0) is 97.4 Å². The molecule has 2 saturated heterocycles. The van der Waals surface area contributed by atoms with Crippen molar-refractivity contribution in [3.8, 4) is 22.4 Å². The van der Waals surface area contributed by atoms with E-state index in [0.717, 1.165) is 102 Å². The van der Waals surface area contributed by atoms with Crippen LogP contribution in [0.3, 0.4) is 0 Å². The lowest BCUT2D eigenvalue weighted by molar-refractivity contribution is -0.120. The van der Waals surface area contributed by atoms with Gasteiger partial charge in [-0.15, -0.1) is 0 Å². The fourth-order valence-corrected chi connectivity index (χ4v) is 7.63. The lowest BCUT2D eigenvalue weighted by Crippen LogP contribution is -2.49. The highest BCUT2D eigenvalue weighted by atomic mass is 16.5. The molecule has 0 radical (unpaired) electrons. The molecule has 0 aliphatic carbocycles. The summed E-state index contributed by atoms with van der Waals surface area (Å²) in [6.45, 7) is 13.3. The van der Waals surface area contributed by atoms with E-state index in [2.05, 4.69) is 100 Å². The number of anilines is 3. The van der Waals surface area contributed by atoms with Crippen LogP contribution in [0, 0.1) is 12.8 Å². The third-order valence-corrected chi connectivity index (χ3v) is 11.2. The van der Waals surface area contributed by atoms with Crippen molar-refractivity contribution in [2.24, 2.45) is 5.92 Å². The van der Waals surface area contributed by atoms with Gasteiger partial charge in [-0.1, -0.05) is 50.2 Å². The number of carbonyl (C=O) groups is 3. The van der Waals surface area contributed by atoms with Gasteiger partial charge in [-0.2, -0.15) is 10.1 Å². The van der Waals surface area contributed by atoms with Crippen LogP contribution in [0.25, 0.3) is 33.4 Å². The Morgan fingerprint density at radius 2 is 1.65 bits per heavy atom. The van der Waals surface area contributed by atoms with E-state index < -0.39 is 0 Å². The first-order valence-electron chi connectivity index (χ1n) is 20.6. The van der Waals surface area contributed by atoms with Crippen molar-refractivity contribution in [2.75, 3.05) is 54.4 Å². The maximum atomic E-state index is 12.7. The van der Waals surface area contributed by atoms with E-state index in [9.17, 15) is 14.4 Å². The molecule has 2 aliphatic heterocycles. The molecular formula is C45H51N11O4. The maximum Gasteiger partial charge on any atom is 0.328 e. The maximum absolute atomic E-state index is 12.7. The standard InChI is InChI=1S/C45H51N11O4/c1-28-23-31(5-6-32(28)26-49-42(58)41-51-43(60-54-41)45(2,3)4)39-37-24-33(27-48-40(37)53-52-39)30-7-9-34(10-8-30)47-19-18-46-25-29-15-20-55(21-16-29)35-11-13-36(14-12-35)56-22-17-38(57)50-44(56)59/h5-14,23-24,27,29,46-47H,15-22,25-26H2,1-4H3,(H,49,58)(H,48,52,53)(H,50,57,59). The number of urea groups is 1. The van der Waals surface area contributed by atoms with E-state index in [1.165, 1.54) is 0 Å². The molecule has 6 aromatic rings. The number of benzene rings is 3. The number of carbonyl (C=O) groups excluding carboxylic acids is 3. The molecule has 5 N–H and O–H groups in total. The molecule has 60 heavy (non-hydrogen) atoms. The van der Waals surface area contributed by atoms with Crippen LogP contribution in [0.1, 0.15) is 67.7 Å². The molecule has 0 saturated carbocycles. The Hall–Kier alpha value is -6.61. The van der Waals surface area contributed by atoms with Crippen molar-refractivity contribution < 1.29 is 18.9 Å². The monoisotopic (exact) mass is 809 g/mol. The molecule has 4 amide bonds. The van der Waals surface area contributed by atoms with Crippen molar-refractivity contribution in [2.45, 2.75) is 58.9 Å². The number of nitrogens with one attached hydrogen (secondary N) is 5. The molecule has 2 fully saturated rings. The second-order valence-corrected chi connectivity index (χ2v) is 16.6. The van der Waals surface area contributed by atoms with Gasteiger partial charge >= 0.3 is 6.03 Å². The number of piperidine rings is 1. The number of aryl methyl sites for hydroxylation is 1. The number of rotatable bonds is 13. The summed E-state index contributed by atoms with van der Waals surface area (Å²) < 4.78 is 5.27. The molecule has 3 aromatic heterocycles. The van der Waals surface area contributed by atoms with Crippen LogP contribution < -0.4 is 31.1 Å². The molecule has 15 nitrogen and oxygen atoms in total. The lowest BCUT2D eigenvalue weighted by Gasteiger charge is -2.34. The minimum atomic E-state index is -0.384. The third-order valence-electron chi connectivity index (χ3n) is 11.2. The first-order chi connectivity index (χ1) is 29.0. The molecule has 310 valence electrons. The van der Waals surface area contributed by atoms with E-state index in [1.54, 1.807) is 4.90 Å². The Morgan fingerprint density at radius 3 is 2.37 bits per heavy atom. The molecule has 2 aliphatic rings. The average Bonchev–Trinajstić information content (AvgIpc) is 3.93. The van der Waals surface area contributed by atoms with E-state index in [1.807, 2.05) is 58.2 Å². The summed E-state index contributed by atoms with van der Waals surface area (Å²) in [5.74, 6) is 0.464.